The van der Waals surface area contributed by atoms with Gasteiger partial charge in [-0.05, 0) is 43.7 Å². The second-order valence-electron chi connectivity index (χ2n) is 8.19. The Kier molecular flexibility index (Phi) is 8.00. The van der Waals surface area contributed by atoms with Crippen molar-refractivity contribution in [1.82, 2.24) is 15.1 Å². The van der Waals surface area contributed by atoms with Gasteiger partial charge in [0.1, 0.15) is 0 Å². The number of benzene rings is 1. The molecule has 3 rings (SSSR count). The fourth-order valence-corrected chi connectivity index (χ4v) is 4.34. The minimum atomic E-state index is -0.0593. The lowest BCUT2D eigenvalue weighted by Crippen LogP contribution is -2.47. The molecule has 2 aliphatic rings. The van der Waals surface area contributed by atoms with Crippen LogP contribution in [-0.2, 0) is 4.79 Å². The zero-order valence-corrected chi connectivity index (χ0v) is 18.1. The highest BCUT2D eigenvalue weighted by atomic mass is 32.1. The van der Waals surface area contributed by atoms with E-state index in [1.165, 1.54) is 32.1 Å². The minimum Gasteiger partial charge on any atom is -0.336 e. The van der Waals surface area contributed by atoms with Crippen LogP contribution in [0, 0.1) is 5.92 Å². The van der Waals surface area contributed by atoms with E-state index in [0.717, 1.165) is 19.5 Å². The summed E-state index contributed by atoms with van der Waals surface area (Å²) in [4.78, 5) is 29.3. The summed E-state index contributed by atoms with van der Waals surface area (Å²) >= 11 is 5.33. The van der Waals surface area contributed by atoms with Crippen molar-refractivity contribution in [2.75, 3.05) is 38.5 Å². The number of hydrogen-bond acceptors (Lipinski definition) is 4. The molecule has 7 heteroatoms. The molecule has 29 heavy (non-hydrogen) atoms. The summed E-state index contributed by atoms with van der Waals surface area (Å²) in [6.07, 6.45) is 7.77. The lowest BCUT2D eigenvalue weighted by molar-refractivity contribution is -0.120. The van der Waals surface area contributed by atoms with E-state index in [4.69, 9.17) is 12.2 Å². The molecule has 0 aromatic heterocycles. The molecular formula is C22H32N4O2S. The van der Waals surface area contributed by atoms with Gasteiger partial charge in [0.2, 0.25) is 5.91 Å². The minimum absolute atomic E-state index is 0.00683. The molecule has 1 aromatic rings. The molecule has 1 aromatic carbocycles. The molecule has 1 heterocycles. The van der Waals surface area contributed by atoms with E-state index in [1.807, 2.05) is 23.1 Å². The number of amides is 2. The molecule has 1 aliphatic heterocycles. The number of para-hydroxylation sites is 1. The number of likely N-dealkylation sites (N-methyl/N-ethyl adjacent to an activating group) is 1. The summed E-state index contributed by atoms with van der Waals surface area (Å²) in [7, 11) is 2.06. The van der Waals surface area contributed by atoms with Gasteiger partial charge in [-0.2, -0.15) is 0 Å². The molecule has 2 N–H and O–H groups in total. The summed E-state index contributed by atoms with van der Waals surface area (Å²) < 4.78 is 0. The van der Waals surface area contributed by atoms with Gasteiger partial charge in [0, 0.05) is 32.6 Å². The third-order valence-electron chi connectivity index (χ3n) is 5.95. The molecule has 1 saturated heterocycles. The number of thiocarbonyl (C=S) groups is 1. The van der Waals surface area contributed by atoms with Gasteiger partial charge in [-0.15, -0.1) is 0 Å². The Hall–Kier alpha value is -1.99. The molecule has 0 atom stereocenters. The Morgan fingerprint density at radius 3 is 2.48 bits per heavy atom. The Morgan fingerprint density at radius 2 is 1.76 bits per heavy atom. The second kappa shape index (κ2) is 10.7. The van der Waals surface area contributed by atoms with Crippen LogP contribution in [0.3, 0.4) is 0 Å². The summed E-state index contributed by atoms with van der Waals surface area (Å²) in [5.41, 5.74) is 1.21. The molecule has 158 valence electrons. The van der Waals surface area contributed by atoms with Crippen LogP contribution < -0.4 is 10.6 Å². The average molecular weight is 417 g/mol. The SMILES string of the molecule is CN1CCN(C(=O)c2ccccc2NC(=S)NC(=O)CCC2CCCCC2)CC1. The van der Waals surface area contributed by atoms with Crippen molar-refractivity contribution in [3.8, 4) is 0 Å². The van der Waals surface area contributed by atoms with Crippen LogP contribution in [-0.4, -0.2) is 60.0 Å². The van der Waals surface area contributed by atoms with Gasteiger partial charge < -0.3 is 20.4 Å². The average Bonchev–Trinajstić information content (AvgIpc) is 2.73. The second-order valence-corrected chi connectivity index (χ2v) is 8.59. The zero-order valence-electron chi connectivity index (χ0n) is 17.3. The van der Waals surface area contributed by atoms with Gasteiger partial charge in [-0.3, -0.25) is 9.59 Å². The van der Waals surface area contributed by atoms with Gasteiger partial charge in [0.05, 0.1) is 11.3 Å². The maximum Gasteiger partial charge on any atom is 0.256 e. The van der Waals surface area contributed by atoms with Crippen molar-refractivity contribution in [2.24, 2.45) is 5.92 Å². The monoisotopic (exact) mass is 416 g/mol. The molecule has 0 spiro atoms. The van der Waals surface area contributed by atoms with Gasteiger partial charge in [-0.25, -0.2) is 0 Å². The number of nitrogens with one attached hydrogen (secondary N) is 2. The first-order chi connectivity index (χ1) is 14.0. The molecule has 6 nitrogen and oxygen atoms in total. The smallest absolute Gasteiger partial charge is 0.256 e. The maximum absolute atomic E-state index is 12.9. The van der Waals surface area contributed by atoms with Crippen molar-refractivity contribution in [3.63, 3.8) is 0 Å². The summed E-state index contributed by atoms with van der Waals surface area (Å²) in [6.45, 7) is 3.17. The predicted octanol–water partition coefficient (Wildman–Crippen LogP) is 3.25. The number of nitrogens with zero attached hydrogens (tertiary/aromatic N) is 2. The lowest BCUT2D eigenvalue weighted by atomic mass is 9.86. The number of carbonyl (C=O) groups excluding carboxylic acids is 2. The van der Waals surface area contributed by atoms with Crippen molar-refractivity contribution in [1.29, 1.82) is 0 Å². The molecule has 0 radical (unpaired) electrons. The van der Waals surface area contributed by atoms with Crippen LogP contribution in [0.15, 0.2) is 24.3 Å². The van der Waals surface area contributed by atoms with Crippen molar-refractivity contribution >= 4 is 34.8 Å². The highest BCUT2D eigenvalue weighted by Gasteiger charge is 2.22. The zero-order chi connectivity index (χ0) is 20.6. The number of anilines is 1. The quantitative estimate of drug-likeness (QED) is 0.722. The van der Waals surface area contributed by atoms with Gasteiger partial charge in [-0.1, -0.05) is 44.2 Å². The number of carbonyl (C=O) groups is 2. The predicted molar refractivity (Wildman–Crippen MR) is 120 cm³/mol. The Bertz CT molecular complexity index is 725. The lowest BCUT2D eigenvalue weighted by Gasteiger charge is -2.32. The first-order valence-corrected chi connectivity index (χ1v) is 11.1. The largest absolute Gasteiger partial charge is 0.336 e. The fourth-order valence-electron chi connectivity index (χ4n) is 4.11. The molecule has 2 fully saturated rings. The molecule has 1 saturated carbocycles. The molecule has 0 bridgehead atoms. The molecular weight excluding hydrogens is 384 g/mol. The van der Waals surface area contributed by atoms with E-state index in [0.29, 0.717) is 36.7 Å². The molecule has 0 unspecified atom stereocenters. The molecule has 1 aliphatic carbocycles. The normalized spacial score (nSPS) is 18.3. The van der Waals surface area contributed by atoms with Crippen molar-refractivity contribution in [3.05, 3.63) is 29.8 Å². The third kappa shape index (κ3) is 6.51. The van der Waals surface area contributed by atoms with Gasteiger partial charge in [0.15, 0.2) is 5.11 Å². The highest BCUT2D eigenvalue weighted by Crippen LogP contribution is 2.27. The standard InChI is InChI=1S/C22H32N4O2S/c1-25-13-15-26(16-14-25)21(28)18-9-5-6-10-19(18)23-22(29)24-20(27)12-11-17-7-3-2-4-8-17/h5-6,9-10,17H,2-4,7-8,11-16H2,1H3,(H2,23,24,27,29). The van der Waals surface area contributed by atoms with E-state index >= 15 is 0 Å². The first-order valence-electron chi connectivity index (χ1n) is 10.7. The summed E-state index contributed by atoms with van der Waals surface area (Å²) in [6, 6.07) is 7.33. The number of piperazine rings is 1. The first kappa shape index (κ1) is 21.7. The van der Waals surface area contributed by atoms with Crippen molar-refractivity contribution < 1.29 is 9.59 Å². The Morgan fingerprint density at radius 1 is 1.07 bits per heavy atom. The van der Waals surface area contributed by atoms with Crippen LogP contribution in [0.5, 0.6) is 0 Å². The number of rotatable bonds is 5. The topological polar surface area (TPSA) is 64.7 Å². The molecule has 2 amide bonds. The van der Waals surface area contributed by atoms with E-state index < -0.39 is 0 Å². The van der Waals surface area contributed by atoms with Crippen LogP contribution >= 0.6 is 12.2 Å². The van der Waals surface area contributed by atoms with E-state index in [2.05, 4.69) is 22.6 Å². The van der Waals surface area contributed by atoms with Crippen LogP contribution in [0.4, 0.5) is 5.69 Å². The van der Waals surface area contributed by atoms with E-state index in [1.54, 1.807) is 6.07 Å². The van der Waals surface area contributed by atoms with Crippen molar-refractivity contribution in [2.45, 2.75) is 44.9 Å². The Balaban J connectivity index is 1.52. The van der Waals surface area contributed by atoms with Gasteiger partial charge in [0.25, 0.3) is 5.91 Å². The van der Waals surface area contributed by atoms with Gasteiger partial charge >= 0.3 is 0 Å². The van der Waals surface area contributed by atoms with E-state index in [9.17, 15) is 9.59 Å². The highest BCUT2D eigenvalue weighted by molar-refractivity contribution is 7.80. The third-order valence-corrected chi connectivity index (χ3v) is 6.16. The number of hydrogen-bond donors (Lipinski definition) is 2. The van der Waals surface area contributed by atoms with Crippen LogP contribution in [0.1, 0.15) is 55.3 Å². The fraction of sp³-hybridized carbons (Fsp3) is 0.591. The Labute approximate surface area is 179 Å². The summed E-state index contributed by atoms with van der Waals surface area (Å²) in [5.74, 6) is 0.599. The maximum atomic E-state index is 12.9. The van der Waals surface area contributed by atoms with Crippen LogP contribution in [0.25, 0.3) is 0 Å². The summed E-state index contributed by atoms with van der Waals surface area (Å²) in [5, 5.41) is 6.07. The van der Waals surface area contributed by atoms with E-state index in [-0.39, 0.29) is 16.9 Å². The van der Waals surface area contributed by atoms with Crippen LogP contribution in [0.2, 0.25) is 0 Å².